The van der Waals surface area contributed by atoms with E-state index in [4.69, 9.17) is 4.74 Å². The van der Waals surface area contributed by atoms with E-state index in [1.807, 2.05) is 30.3 Å². The molecule has 162 valence electrons. The number of benzene rings is 2. The van der Waals surface area contributed by atoms with E-state index in [-0.39, 0.29) is 0 Å². The SMILES string of the molecule is CCN(CC)CCCC(C(=O)O)(c1ccccc1)c1ccc(OC(=O)NNC)cc1. The molecule has 30 heavy (non-hydrogen) atoms. The van der Waals surface area contributed by atoms with Gasteiger partial charge >= 0.3 is 12.1 Å². The van der Waals surface area contributed by atoms with Crippen LogP contribution in [0.3, 0.4) is 0 Å². The van der Waals surface area contributed by atoms with Crippen LogP contribution < -0.4 is 15.6 Å². The Morgan fingerprint density at radius 2 is 1.60 bits per heavy atom. The van der Waals surface area contributed by atoms with Gasteiger partial charge < -0.3 is 14.7 Å². The molecule has 0 fully saturated rings. The summed E-state index contributed by atoms with van der Waals surface area (Å²) in [5.74, 6) is -0.558. The molecule has 0 saturated heterocycles. The van der Waals surface area contributed by atoms with Crippen molar-refractivity contribution in [2.45, 2.75) is 32.1 Å². The second kappa shape index (κ2) is 11.3. The van der Waals surface area contributed by atoms with Crippen LogP contribution in [0.2, 0.25) is 0 Å². The van der Waals surface area contributed by atoms with E-state index in [1.165, 1.54) is 0 Å². The normalized spacial score (nSPS) is 12.9. The molecule has 7 heteroatoms. The van der Waals surface area contributed by atoms with E-state index in [0.717, 1.165) is 31.6 Å². The molecule has 0 aromatic heterocycles. The lowest BCUT2D eigenvalue weighted by atomic mass is 9.71. The van der Waals surface area contributed by atoms with Gasteiger partial charge in [0.1, 0.15) is 11.2 Å². The zero-order valence-electron chi connectivity index (χ0n) is 17.9. The maximum Gasteiger partial charge on any atom is 0.427 e. The number of hydrazine groups is 1. The predicted octanol–water partition coefficient (Wildman–Crippen LogP) is 3.40. The van der Waals surface area contributed by atoms with E-state index in [2.05, 4.69) is 29.6 Å². The average Bonchev–Trinajstić information content (AvgIpc) is 2.75. The zero-order chi connectivity index (χ0) is 22.0. The first-order valence-corrected chi connectivity index (χ1v) is 10.2. The van der Waals surface area contributed by atoms with Crippen molar-refractivity contribution < 1.29 is 19.4 Å². The van der Waals surface area contributed by atoms with Crippen molar-refractivity contribution in [3.05, 3.63) is 65.7 Å². The highest BCUT2D eigenvalue weighted by Crippen LogP contribution is 2.38. The third-order valence-corrected chi connectivity index (χ3v) is 5.34. The van der Waals surface area contributed by atoms with Gasteiger partial charge in [-0.2, -0.15) is 0 Å². The van der Waals surface area contributed by atoms with Gasteiger partial charge in [-0.1, -0.05) is 56.3 Å². The van der Waals surface area contributed by atoms with Crippen LogP contribution in [0.5, 0.6) is 5.75 Å². The van der Waals surface area contributed by atoms with Crippen LogP contribution in [0.25, 0.3) is 0 Å². The van der Waals surface area contributed by atoms with Crippen molar-refractivity contribution in [2.75, 3.05) is 26.7 Å². The summed E-state index contributed by atoms with van der Waals surface area (Å²) < 4.78 is 5.16. The number of nitrogens with one attached hydrogen (secondary N) is 2. The van der Waals surface area contributed by atoms with Crippen LogP contribution in [0, 0.1) is 0 Å². The Bertz CT molecular complexity index is 807. The molecule has 0 spiro atoms. The Hall–Kier alpha value is -2.90. The summed E-state index contributed by atoms with van der Waals surface area (Å²) in [7, 11) is 1.56. The number of nitrogens with zero attached hydrogens (tertiary/aromatic N) is 1. The van der Waals surface area contributed by atoms with Gasteiger partial charge in [0.05, 0.1) is 0 Å². The molecule has 1 unspecified atom stereocenters. The molecule has 0 aliphatic heterocycles. The number of rotatable bonds is 11. The number of ether oxygens (including phenoxy) is 1. The first kappa shape index (κ1) is 23.4. The van der Waals surface area contributed by atoms with Gasteiger partial charge in [0.2, 0.25) is 0 Å². The van der Waals surface area contributed by atoms with E-state index >= 15 is 0 Å². The Morgan fingerprint density at radius 3 is 2.13 bits per heavy atom. The minimum absolute atomic E-state index is 0.335. The monoisotopic (exact) mass is 413 g/mol. The number of hydrogen-bond donors (Lipinski definition) is 3. The van der Waals surface area contributed by atoms with E-state index in [0.29, 0.717) is 17.7 Å². The fourth-order valence-corrected chi connectivity index (χ4v) is 3.68. The van der Waals surface area contributed by atoms with Crippen LogP contribution in [-0.4, -0.2) is 48.8 Å². The molecule has 7 nitrogen and oxygen atoms in total. The summed E-state index contributed by atoms with van der Waals surface area (Å²) in [5.41, 5.74) is 5.03. The summed E-state index contributed by atoms with van der Waals surface area (Å²) in [6.45, 7) is 6.91. The molecule has 0 saturated carbocycles. The molecule has 1 atom stereocenters. The van der Waals surface area contributed by atoms with Crippen molar-refractivity contribution in [2.24, 2.45) is 0 Å². The first-order chi connectivity index (χ1) is 14.5. The fraction of sp³-hybridized carbons (Fsp3) is 0.391. The summed E-state index contributed by atoms with van der Waals surface area (Å²) in [5, 5.41) is 10.4. The second-order valence-electron chi connectivity index (χ2n) is 7.00. The van der Waals surface area contributed by atoms with Crippen LogP contribution in [0.4, 0.5) is 4.79 Å². The Labute approximate surface area is 178 Å². The van der Waals surface area contributed by atoms with Gasteiger partial charge in [-0.25, -0.2) is 10.2 Å². The van der Waals surface area contributed by atoms with Gasteiger partial charge in [-0.05, 0) is 55.7 Å². The molecule has 2 rings (SSSR count). The lowest BCUT2D eigenvalue weighted by molar-refractivity contribution is -0.142. The van der Waals surface area contributed by atoms with Crippen LogP contribution in [0.15, 0.2) is 54.6 Å². The standard InChI is InChI=1S/C23H31N3O4/c1-4-26(5-2)17-9-16-23(21(27)28,18-10-7-6-8-11-18)19-12-14-20(15-13-19)30-22(29)25-24-3/h6-8,10-15,24H,4-5,9,16-17H2,1-3H3,(H,25,29)(H,27,28). The highest BCUT2D eigenvalue weighted by atomic mass is 16.6. The molecule has 0 bridgehead atoms. The number of carboxylic acid groups (broad SMARTS) is 1. The Balaban J connectivity index is 2.37. The second-order valence-corrected chi connectivity index (χ2v) is 7.00. The molecule has 0 heterocycles. The van der Waals surface area contributed by atoms with Gasteiger partial charge in [0.25, 0.3) is 0 Å². The fourth-order valence-electron chi connectivity index (χ4n) is 3.68. The average molecular weight is 414 g/mol. The summed E-state index contributed by atoms with van der Waals surface area (Å²) >= 11 is 0. The van der Waals surface area contributed by atoms with Crippen molar-refractivity contribution in [3.63, 3.8) is 0 Å². The number of carbonyl (C=O) groups excluding carboxylic acids is 1. The van der Waals surface area contributed by atoms with Gasteiger partial charge in [-0.15, -0.1) is 0 Å². The topological polar surface area (TPSA) is 90.9 Å². The highest BCUT2D eigenvalue weighted by Gasteiger charge is 2.41. The third kappa shape index (κ3) is 5.58. The van der Waals surface area contributed by atoms with E-state index < -0.39 is 17.5 Å². The molecule has 2 aromatic rings. The number of carboxylic acids is 1. The van der Waals surface area contributed by atoms with E-state index in [1.54, 1.807) is 31.3 Å². The van der Waals surface area contributed by atoms with Crippen molar-refractivity contribution in [3.8, 4) is 5.75 Å². The summed E-state index contributed by atoms with van der Waals surface area (Å²) in [4.78, 5) is 26.5. The largest absolute Gasteiger partial charge is 0.480 e. The van der Waals surface area contributed by atoms with Crippen molar-refractivity contribution in [1.82, 2.24) is 15.8 Å². The van der Waals surface area contributed by atoms with Crippen molar-refractivity contribution in [1.29, 1.82) is 0 Å². The Morgan fingerprint density at radius 1 is 1.00 bits per heavy atom. The molecule has 0 aliphatic rings. The third-order valence-electron chi connectivity index (χ3n) is 5.34. The molecule has 3 N–H and O–H groups in total. The molecule has 0 aliphatic carbocycles. The van der Waals surface area contributed by atoms with Gasteiger partial charge in [0.15, 0.2) is 0 Å². The molecule has 2 aromatic carbocycles. The minimum Gasteiger partial charge on any atom is -0.480 e. The maximum absolute atomic E-state index is 12.7. The quantitative estimate of drug-likeness (QED) is 0.489. The van der Waals surface area contributed by atoms with Crippen LogP contribution in [-0.2, 0) is 10.2 Å². The Kier molecular flexibility index (Phi) is 8.83. The number of carbonyl (C=O) groups is 2. The number of amides is 1. The van der Waals surface area contributed by atoms with Gasteiger partial charge in [0, 0.05) is 7.05 Å². The highest BCUT2D eigenvalue weighted by molar-refractivity contribution is 5.86. The predicted molar refractivity (Wildman–Crippen MR) is 117 cm³/mol. The maximum atomic E-state index is 12.7. The van der Waals surface area contributed by atoms with Crippen LogP contribution >= 0.6 is 0 Å². The van der Waals surface area contributed by atoms with Gasteiger partial charge in [-0.3, -0.25) is 10.2 Å². The first-order valence-electron chi connectivity index (χ1n) is 10.2. The minimum atomic E-state index is -1.18. The summed E-state index contributed by atoms with van der Waals surface area (Å²) in [6, 6.07) is 16.0. The number of hydrogen-bond acceptors (Lipinski definition) is 5. The molecular formula is C23H31N3O4. The van der Waals surface area contributed by atoms with E-state index in [9.17, 15) is 14.7 Å². The molecule has 0 radical (unpaired) electrons. The van der Waals surface area contributed by atoms with Crippen LogP contribution in [0.1, 0.15) is 37.8 Å². The molecule has 1 amide bonds. The molecular weight excluding hydrogens is 382 g/mol. The zero-order valence-corrected chi connectivity index (χ0v) is 17.9. The summed E-state index contributed by atoms with van der Waals surface area (Å²) in [6.07, 6.45) is 0.562. The lowest BCUT2D eigenvalue weighted by Crippen LogP contribution is -2.38. The lowest BCUT2D eigenvalue weighted by Gasteiger charge is -2.32. The number of aliphatic carboxylic acids is 1. The smallest absolute Gasteiger partial charge is 0.427 e. The van der Waals surface area contributed by atoms with Crippen molar-refractivity contribution >= 4 is 12.1 Å².